The van der Waals surface area contributed by atoms with Crippen molar-refractivity contribution >= 4 is 0 Å². The van der Waals surface area contributed by atoms with Gasteiger partial charge in [-0.2, -0.15) is 5.10 Å². The van der Waals surface area contributed by atoms with E-state index in [0.717, 1.165) is 18.8 Å². The molecule has 0 saturated carbocycles. The van der Waals surface area contributed by atoms with Crippen LogP contribution in [0.2, 0.25) is 0 Å². The maximum atomic E-state index is 4.62. The number of likely N-dealkylation sites (tertiary alicyclic amines) is 1. The van der Waals surface area contributed by atoms with Gasteiger partial charge in [-0.15, -0.1) is 0 Å². The van der Waals surface area contributed by atoms with Gasteiger partial charge < -0.3 is 0 Å². The first kappa shape index (κ1) is 13.3. The number of pyridine rings is 1. The van der Waals surface area contributed by atoms with Crippen molar-refractivity contribution in [2.45, 2.75) is 38.3 Å². The molecule has 1 atom stereocenters. The van der Waals surface area contributed by atoms with Gasteiger partial charge in [0.05, 0.1) is 17.4 Å². The monoisotopic (exact) mass is 270 g/mol. The SMILES string of the molecule is Cn1ccc([C@H]2CCCCCN2Cc2ccccn2)n1. The molecule has 2 aromatic rings. The van der Waals surface area contributed by atoms with Gasteiger partial charge >= 0.3 is 0 Å². The van der Waals surface area contributed by atoms with Crippen LogP contribution >= 0.6 is 0 Å². The minimum absolute atomic E-state index is 0.431. The number of nitrogens with zero attached hydrogens (tertiary/aromatic N) is 4. The van der Waals surface area contributed by atoms with Gasteiger partial charge in [-0.1, -0.05) is 18.9 Å². The van der Waals surface area contributed by atoms with Gasteiger partial charge in [-0.05, 0) is 37.6 Å². The summed E-state index contributed by atoms with van der Waals surface area (Å²) in [6.45, 7) is 2.06. The first-order valence-electron chi connectivity index (χ1n) is 7.46. The van der Waals surface area contributed by atoms with Crippen LogP contribution in [0.4, 0.5) is 0 Å². The largest absolute Gasteiger partial charge is 0.289 e. The Kier molecular flexibility index (Phi) is 4.11. The predicted octanol–water partition coefficient (Wildman–Crippen LogP) is 2.93. The molecule has 0 aromatic carbocycles. The Labute approximate surface area is 120 Å². The van der Waals surface area contributed by atoms with Gasteiger partial charge in [-0.25, -0.2) is 0 Å². The van der Waals surface area contributed by atoms with Crippen LogP contribution in [0.1, 0.15) is 43.1 Å². The number of aromatic nitrogens is 3. The van der Waals surface area contributed by atoms with E-state index in [4.69, 9.17) is 0 Å². The summed E-state index contributed by atoms with van der Waals surface area (Å²) in [6.07, 6.45) is 9.00. The van der Waals surface area contributed by atoms with Gasteiger partial charge in [0, 0.05) is 26.0 Å². The minimum Gasteiger partial charge on any atom is -0.289 e. The molecule has 1 aliphatic heterocycles. The summed E-state index contributed by atoms with van der Waals surface area (Å²) in [5.41, 5.74) is 2.35. The second-order valence-electron chi connectivity index (χ2n) is 5.57. The van der Waals surface area contributed by atoms with Crippen molar-refractivity contribution in [3.63, 3.8) is 0 Å². The first-order chi connectivity index (χ1) is 9.83. The van der Waals surface area contributed by atoms with Crippen LogP contribution in [-0.4, -0.2) is 26.2 Å². The molecule has 0 N–H and O–H groups in total. The molecule has 0 bridgehead atoms. The quantitative estimate of drug-likeness (QED) is 0.860. The summed E-state index contributed by atoms with van der Waals surface area (Å²) < 4.78 is 1.90. The molecule has 1 fully saturated rings. The second-order valence-corrected chi connectivity index (χ2v) is 5.57. The van der Waals surface area contributed by atoms with Crippen molar-refractivity contribution in [2.75, 3.05) is 6.54 Å². The molecule has 4 heteroatoms. The summed E-state index contributed by atoms with van der Waals surface area (Å²) in [7, 11) is 1.99. The average Bonchev–Trinajstić information content (AvgIpc) is 2.76. The smallest absolute Gasteiger partial charge is 0.0796 e. The van der Waals surface area contributed by atoms with Crippen LogP contribution in [0, 0.1) is 0 Å². The fourth-order valence-electron chi connectivity index (χ4n) is 3.00. The lowest BCUT2D eigenvalue weighted by Gasteiger charge is -2.28. The lowest BCUT2D eigenvalue weighted by molar-refractivity contribution is 0.186. The van der Waals surface area contributed by atoms with E-state index >= 15 is 0 Å². The van der Waals surface area contributed by atoms with Gasteiger partial charge in [0.15, 0.2) is 0 Å². The Hall–Kier alpha value is -1.68. The zero-order valence-electron chi connectivity index (χ0n) is 12.1. The van der Waals surface area contributed by atoms with Crippen molar-refractivity contribution in [1.82, 2.24) is 19.7 Å². The molecular formula is C16H22N4. The third-order valence-corrected chi connectivity index (χ3v) is 4.03. The van der Waals surface area contributed by atoms with E-state index in [1.165, 1.54) is 31.4 Å². The van der Waals surface area contributed by atoms with Crippen molar-refractivity contribution in [3.05, 3.63) is 48.0 Å². The highest BCUT2D eigenvalue weighted by molar-refractivity contribution is 5.09. The van der Waals surface area contributed by atoms with Crippen LogP contribution in [0.25, 0.3) is 0 Å². The van der Waals surface area contributed by atoms with Gasteiger partial charge in [-0.3, -0.25) is 14.6 Å². The van der Waals surface area contributed by atoms with E-state index in [9.17, 15) is 0 Å². The summed E-state index contributed by atoms with van der Waals surface area (Å²) in [4.78, 5) is 7.01. The van der Waals surface area contributed by atoms with Crippen LogP contribution in [0.15, 0.2) is 36.7 Å². The highest BCUT2D eigenvalue weighted by Gasteiger charge is 2.24. The lowest BCUT2D eigenvalue weighted by atomic mass is 10.1. The Morgan fingerprint density at radius 2 is 2.15 bits per heavy atom. The Bertz CT molecular complexity index is 534. The zero-order chi connectivity index (χ0) is 13.8. The molecular weight excluding hydrogens is 248 g/mol. The van der Waals surface area contributed by atoms with E-state index in [2.05, 4.69) is 33.2 Å². The predicted molar refractivity (Wildman–Crippen MR) is 79.1 cm³/mol. The molecule has 4 nitrogen and oxygen atoms in total. The van der Waals surface area contributed by atoms with Crippen molar-refractivity contribution in [3.8, 4) is 0 Å². The third-order valence-electron chi connectivity index (χ3n) is 4.03. The molecule has 0 radical (unpaired) electrons. The van der Waals surface area contributed by atoms with Gasteiger partial charge in [0.1, 0.15) is 0 Å². The van der Waals surface area contributed by atoms with Gasteiger partial charge in [0.25, 0.3) is 0 Å². The summed E-state index contributed by atoms with van der Waals surface area (Å²) in [6, 6.07) is 8.74. The van der Waals surface area contributed by atoms with E-state index in [0.29, 0.717) is 6.04 Å². The molecule has 1 saturated heterocycles. The number of rotatable bonds is 3. The van der Waals surface area contributed by atoms with Crippen LogP contribution in [-0.2, 0) is 13.6 Å². The summed E-state index contributed by atoms with van der Waals surface area (Å²) in [5.74, 6) is 0. The Morgan fingerprint density at radius 3 is 2.90 bits per heavy atom. The molecule has 2 aromatic heterocycles. The van der Waals surface area contributed by atoms with Crippen LogP contribution < -0.4 is 0 Å². The standard InChI is InChI=1S/C16H22N4/c1-19-12-9-15(18-19)16-8-3-2-6-11-20(16)13-14-7-4-5-10-17-14/h4-5,7,9-10,12,16H,2-3,6,8,11,13H2,1H3/t16-/m1/s1. The van der Waals surface area contributed by atoms with Crippen LogP contribution in [0.3, 0.4) is 0 Å². The fourth-order valence-corrected chi connectivity index (χ4v) is 3.00. The number of aryl methyl sites for hydroxylation is 1. The fraction of sp³-hybridized carbons (Fsp3) is 0.500. The molecule has 0 spiro atoms. The molecule has 3 heterocycles. The van der Waals surface area contributed by atoms with Crippen molar-refractivity contribution in [2.24, 2.45) is 7.05 Å². The molecule has 0 unspecified atom stereocenters. The molecule has 1 aliphatic rings. The van der Waals surface area contributed by atoms with Gasteiger partial charge in [0.2, 0.25) is 0 Å². The highest BCUT2D eigenvalue weighted by Crippen LogP contribution is 2.30. The molecule has 0 aliphatic carbocycles. The highest BCUT2D eigenvalue weighted by atomic mass is 15.3. The minimum atomic E-state index is 0.431. The third kappa shape index (κ3) is 3.07. The van der Waals surface area contributed by atoms with Crippen molar-refractivity contribution < 1.29 is 0 Å². The first-order valence-corrected chi connectivity index (χ1v) is 7.46. The van der Waals surface area contributed by atoms with E-state index in [1.54, 1.807) is 0 Å². The average molecular weight is 270 g/mol. The maximum Gasteiger partial charge on any atom is 0.0796 e. The normalized spacial score (nSPS) is 20.8. The number of hydrogen-bond donors (Lipinski definition) is 0. The second kappa shape index (κ2) is 6.18. The van der Waals surface area contributed by atoms with E-state index in [-0.39, 0.29) is 0 Å². The Balaban J connectivity index is 1.80. The molecule has 0 amide bonds. The zero-order valence-corrected chi connectivity index (χ0v) is 12.1. The van der Waals surface area contributed by atoms with E-state index < -0.39 is 0 Å². The van der Waals surface area contributed by atoms with Crippen LogP contribution in [0.5, 0.6) is 0 Å². The van der Waals surface area contributed by atoms with E-state index in [1.807, 2.05) is 30.2 Å². The molecule has 20 heavy (non-hydrogen) atoms. The molecule has 3 rings (SSSR count). The molecule has 106 valence electrons. The maximum absolute atomic E-state index is 4.62. The summed E-state index contributed by atoms with van der Waals surface area (Å²) >= 11 is 0. The topological polar surface area (TPSA) is 34.0 Å². The van der Waals surface area contributed by atoms with Crippen molar-refractivity contribution in [1.29, 1.82) is 0 Å². The summed E-state index contributed by atoms with van der Waals surface area (Å²) in [5, 5.41) is 4.62. The lowest BCUT2D eigenvalue weighted by Crippen LogP contribution is -2.29. The Morgan fingerprint density at radius 1 is 1.20 bits per heavy atom. The number of hydrogen-bond acceptors (Lipinski definition) is 3.